The van der Waals surface area contributed by atoms with Gasteiger partial charge in [0.15, 0.2) is 0 Å². The van der Waals surface area contributed by atoms with E-state index in [0.717, 1.165) is 5.75 Å². The van der Waals surface area contributed by atoms with Crippen LogP contribution in [0.1, 0.15) is 13.8 Å². The molecule has 0 N–H and O–H groups in total. The van der Waals surface area contributed by atoms with Crippen molar-refractivity contribution in [2.75, 3.05) is 12.0 Å². The van der Waals surface area contributed by atoms with E-state index < -0.39 is 0 Å². The molecular formula is C10H16S2. The minimum absolute atomic E-state index is 1.06. The standard InChI is InChI=1S/C10H16S2/c1-4-8-12-9-6-5-7-10(2)11-3/h4-8H,9H2,1-3H3/b6-5?,8-4-,10-7-. The van der Waals surface area contributed by atoms with Gasteiger partial charge in [-0.05, 0) is 30.4 Å². The lowest BCUT2D eigenvalue weighted by molar-refractivity contribution is 1.65. The first kappa shape index (κ1) is 11.9. The number of hydrogen-bond acceptors (Lipinski definition) is 2. The molecule has 0 unspecified atom stereocenters. The van der Waals surface area contributed by atoms with Crippen molar-refractivity contribution in [3.63, 3.8) is 0 Å². The predicted octanol–water partition coefficient (Wildman–Crippen LogP) is 4.08. The van der Waals surface area contributed by atoms with Gasteiger partial charge in [-0.3, -0.25) is 0 Å². The van der Waals surface area contributed by atoms with Crippen molar-refractivity contribution in [1.29, 1.82) is 0 Å². The van der Waals surface area contributed by atoms with Gasteiger partial charge in [0.05, 0.1) is 0 Å². The lowest BCUT2D eigenvalue weighted by Crippen LogP contribution is -1.65. The molecule has 0 amide bonds. The molecule has 0 rings (SSSR count). The van der Waals surface area contributed by atoms with Crippen molar-refractivity contribution in [3.8, 4) is 0 Å². The van der Waals surface area contributed by atoms with Crippen molar-refractivity contribution in [1.82, 2.24) is 0 Å². The Bertz CT molecular complexity index is 178. The maximum absolute atomic E-state index is 2.17. The Morgan fingerprint density at radius 1 is 1.42 bits per heavy atom. The molecule has 0 radical (unpaired) electrons. The minimum atomic E-state index is 1.06. The Balaban J connectivity index is 3.49. The highest BCUT2D eigenvalue weighted by molar-refractivity contribution is 8.02. The zero-order chi connectivity index (χ0) is 9.23. The maximum Gasteiger partial charge on any atom is 0.0157 e. The smallest absolute Gasteiger partial charge is 0.0157 e. The summed E-state index contributed by atoms with van der Waals surface area (Å²) >= 11 is 3.59. The van der Waals surface area contributed by atoms with Gasteiger partial charge in [-0.15, -0.1) is 23.5 Å². The van der Waals surface area contributed by atoms with Crippen molar-refractivity contribution in [3.05, 3.63) is 34.6 Å². The number of hydrogen-bond donors (Lipinski definition) is 0. The molecule has 2 heteroatoms. The first-order valence-electron chi connectivity index (χ1n) is 3.91. The Hall–Kier alpha value is -0.0800. The molecule has 0 aromatic carbocycles. The molecule has 0 heterocycles. The summed E-state index contributed by atoms with van der Waals surface area (Å²) in [5.41, 5.74) is 0. The van der Waals surface area contributed by atoms with Crippen LogP contribution in [-0.4, -0.2) is 12.0 Å². The lowest BCUT2D eigenvalue weighted by Gasteiger charge is -1.89. The van der Waals surface area contributed by atoms with Crippen LogP contribution in [-0.2, 0) is 0 Å². The van der Waals surface area contributed by atoms with E-state index in [0.29, 0.717) is 0 Å². The highest BCUT2D eigenvalue weighted by Crippen LogP contribution is 2.09. The van der Waals surface area contributed by atoms with E-state index in [-0.39, 0.29) is 0 Å². The van der Waals surface area contributed by atoms with E-state index >= 15 is 0 Å². The van der Waals surface area contributed by atoms with Crippen LogP contribution in [0.15, 0.2) is 34.6 Å². The quantitative estimate of drug-likeness (QED) is 0.484. The summed E-state index contributed by atoms with van der Waals surface area (Å²) in [7, 11) is 0. The predicted molar refractivity (Wildman–Crippen MR) is 63.7 cm³/mol. The van der Waals surface area contributed by atoms with E-state index in [1.807, 2.05) is 18.7 Å². The highest BCUT2D eigenvalue weighted by Gasteiger charge is 1.78. The van der Waals surface area contributed by atoms with E-state index in [2.05, 4.69) is 42.9 Å². The molecule has 0 aliphatic heterocycles. The molecule has 0 aliphatic carbocycles. The van der Waals surface area contributed by atoms with Gasteiger partial charge in [-0.1, -0.05) is 24.3 Å². The zero-order valence-corrected chi connectivity index (χ0v) is 9.54. The topological polar surface area (TPSA) is 0 Å². The Kier molecular flexibility index (Phi) is 8.95. The van der Waals surface area contributed by atoms with Gasteiger partial charge in [0.1, 0.15) is 0 Å². The second-order valence-corrected chi connectivity index (χ2v) is 4.20. The minimum Gasteiger partial charge on any atom is -0.134 e. The van der Waals surface area contributed by atoms with Gasteiger partial charge >= 0.3 is 0 Å². The molecule has 0 nitrogen and oxygen atoms in total. The largest absolute Gasteiger partial charge is 0.134 e. The van der Waals surface area contributed by atoms with Crippen molar-refractivity contribution in [2.24, 2.45) is 0 Å². The summed E-state index contributed by atoms with van der Waals surface area (Å²) in [6.45, 7) is 4.16. The normalized spacial score (nSPS) is 13.4. The number of rotatable bonds is 5. The molecule has 0 atom stereocenters. The molecule has 0 bridgehead atoms. The fourth-order valence-electron chi connectivity index (χ4n) is 0.534. The van der Waals surface area contributed by atoms with Crippen LogP contribution in [0.5, 0.6) is 0 Å². The molecule has 0 spiro atoms. The molecule has 0 aromatic rings. The van der Waals surface area contributed by atoms with Crippen LogP contribution < -0.4 is 0 Å². The monoisotopic (exact) mass is 200 g/mol. The summed E-state index contributed by atoms with van der Waals surface area (Å²) in [5, 5.41) is 2.11. The molecular weight excluding hydrogens is 184 g/mol. The molecule has 0 aliphatic rings. The van der Waals surface area contributed by atoms with Gasteiger partial charge in [-0.2, -0.15) is 0 Å². The first-order chi connectivity index (χ1) is 5.81. The fourth-order valence-corrected chi connectivity index (χ4v) is 1.27. The second kappa shape index (κ2) is 9.01. The summed E-state index contributed by atoms with van der Waals surface area (Å²) in [6, 6.07) is 0. The Morgan fingerprint density at radius 2 is 2.17 bits per heavy atom. The van der Waals surface area contributed by atoms with Crippen LogP contribution >= 0.6 is 23.5 Å². The van der Waals surface area contributed by atoms with Gasteiger partial charge in [-0.25, -0.2) is 0 Å². The van der Waals surface area contributed by atoms with E-state index in [4.69, 9.17) is 0 Å². The van der Waals surface area contributed by atoms with Crippen molar-refractivity contribution < 1.29 is 0 Å². The third-order valence-electron chi connectivity index (χ3n) is 1.21. The van der Waals surface area contributed by atoms with Crippen LogP contribution in [0.4, 0.5) is 0 Å². The zero-order valence-electron chi connectivity index (χ0n) is 7.91. The van der Waals surface area contributed by atoms with E-state index in [9.17, 15) is 0 Å². The molecule has 0 saturated heterocycles. The Labute approximate surface area is 84.2 Å². The molecule has 0 saturated carbocycles. The summed E-state index contributed by atoms with van der Waals surface area (Å²) in [4.78, 5) is 1.35. The molecule has 68 valence electrons. The summed E-state index contributed by atoms with van der Waals surface area (Å²) in [5.74, 6) is 1.06. The van der Waals surface area contributed by atoms with Crippen LogP contribution in [0.3, 0.4) is 0 Å². The summed E-state index contributed by atoms with van der Waals surface area (Å²) < 4.78 is 0. The van der Waals surface area contributed by atoms with Gasteiger partial charge in [0.2, 0.25) is 0 Å². The van der Waals surface area contributed by atoms with E-state index in [1.54, 1.807) is 11.8 Å². The lowest BCUT2D eigenvalue weighted by atomic mass is 10.4. The third kappa shape index (κ3) is 8.02. The van der Waals surface area contributed by atoms with Gasteiger partial charge < -0.3 is 0 Å². The first-order valence-corrected chi connectivity index (χ1v) is 6.18. The average molecular weight is 200 g/mol. The third-order valence-corrected chi connectivity index (χ3v) is 2.84. The van der Waals surface area contributed by atoms with Crippen LogP contribution in [0.2, 0.25) is 0 Å². The maximum atomic E-state index is 2.17. The molecule has 0 fully saturated rings. The molecule has 0 aromatic heterocycles. The van der Waals surface area contributed by atoms with Crippen LogP contribution in [0.25, 0.3) is 0 Å². The molecule has 12 heavy (non-hydrogen) atoms. The van der Waals surface area contributed by atoms with Gasteiger partial charge in [0.25, 0.3) is 0 Å². The Morgan fingerprint density at radius 3 is 2.75 bits per heavy atom. The number of allylic oxidation sites excluding steroid dienone is 4. The second-order valence-electron chi connectivity index (χ2n) is 2.21. The highest BCUT2D eigenvalue weighted by atomic mass is 32.2. The van der Waals surface area contributed by atoms with Crippen molar-refractivity contribution >= 4 is 23.5 Å². The van der Waals surface area contributed by atoms with Crippen molar-refractivity contribution in [2.45, 2.75) is 13.8 Å². The average Bonchev–Trinajstić information content (AvgIpc) is 2.10. The van der Waals surface area contributed by atoms with Gasteiger partial charge in [0, 0.05) is 5.75 Å². The summed E-state index contributed by atoms with van der Waals surface area (Å²) in [6.07, 6.45) is 10.6. The fraction of sp³-hybridized carbons (Fsp3) is 0.400. The number of thioether (sulfide) groups is 2. The SMILES string of the molecule is C/C=C\SCC=C/C=C(/C)SC. The van der Waals surface area contributed by atoms with Crippen LogP contribution in [0, 0.1) is 0 Å². The van der Waals surface area contributed by atoms with E-state index in [1.165, 1.54) is 4.91 Å².